The van der Waals surface area contributed by atoms with E-state index in [-0.39, 0.29) is 6.61 Å². The first-order valence-electron chi connectivity index (χ1n) is 6.13. The molecule has 19 heavy (non-hydrogen) atoms. The zero-order valence-corrected chi connectivity index (χ0v) is 11.9. The summed E-state index contributed by atoms with van der Waals surface area (Å²) < 4.78 is 0. The van der Waals surface area contributed by atoms with Crippen LogP contribution >= 0.6 is 11.6 Å². The molecule has 3 nitrogen and oxygen atoms in total. The normalized spacial score (nSPS) is 10.5. The maximum absolute atomic E-state index is 9.23. The summed E-state index contributed by atoms with van der Waals surface area (Å²) in [6.07, 6.45) is 0. The van der Waals surface area contributed by atoms with Gasteiger partial charge in [0.25, 0.3) is 0 Å². The lowest BCUT2D eigenvalue weighted by atomic mass is 10.2. The first-order chi connectivity index (χ1) is 9.10. The second kappa shape index (κ2) is 6.04. The number of aromatic nitrogens is 1. The molecule has 0 unspecified atom stereocenters. The second-order valence-corrected chi connectivity index (χ2v) is 4.99. The molecular formula is C15H17ClN2O. The summed E-state index contributed by atoms with van der Waals surface area (Å²) in [6, 6.07) is 11.5. The number of pyridine rings is 1. The van der Waals surface area contributed by atoms with Crippen molar-refractivity contribution in [1.29, 1.82) is 0 Å². The molecule has 0 atom stereocenters. The van der Waals surface area contributed by atoms with E-state index in [1.165, 1.54) is 0 Å². The van der Waals surface area contributed by atoms with E-state index in [1.54, 1.807) is 0 Å². The predicted octanol–water partition coefficient (Wildman–Crippen LogP) is 3.17. The molecule has 0 bridgehead atoms. The van der Waals surface area contributed by atoms with E-state index in [0.29, 0.717) is 6.54 Å². The number of halogens is 1. The van der Waals surface area contributed by atoms with Crippen LogP contribution in [0.2, 0.25) is 5.02 Å². The number of aliphatic hydroxyl groups excluding tert-OH is 1. The van der Waals surface area contributed by atoms with Crippen molar-refractivity contribution < 1.29 is 5.11 Å². The Balaban J connectivity index is 2.22. The van der Waals surface area contributed by atoms with Crippen LogP contribution in [0.15, 0.2) is 36.4 Å². The van der Waals surface area contributed by atoms with E-state index in [2.05, 4.69) is 4.98 Å². The average Bonchev–Trinajstić information content (AvgIpc) is 2.40. The quantitative estimate of drug-likeness (QED) is 0.932. The van der Waals surface area contributed by atoms with E-state index in [0.717, 1.165) is 27.7 Å². The van der Waals surface area contributed by atoms with Crippen LogP contribution in [0.4, 0.5) is 5.82 Å². The lowest BCUT2D eigenvalue weighted by molar-refractivity contribution is 0.281. The maximum atomic E-state index is 9.23. The molecule has 2 aromatic rings. The van der Waals surface area contributed by atoms with Crippen molar-refractivity contribution in [3.8, 4) is 0 Å². The van der Waals surface area contributed by atoms with Crippen LogP contribution in [0.5, 0.6) is 0 Å². The number of anilines is 1. The Morgan fingerprint density at radius 3 is 2.68 bits per heavy atom. The highest BCUT2D eigenvalue weighted by Gasteiger charge is 2.08. The molecule has 0 saturated heterocycles. The van der Waals surface area contributed by atoms with Gasteiger partial charge in [0.1, 0.15) is 5.82 Å². The minimum Gasteiger partial charge on any atom is -0.392 e. The van der Waals surface area contributed by atoms with Crippen molar-refractivity contribution in [2.24, 2.45) is 0 Å². The number of aliphatic hydroxyl groups is 1. The van der Waals surface area contributed by atoms with Crippen molar-refractivity contribution in [3.05, 3.63) is 58.2 Å². The molecular weight excluding hydrogens is 260 g/mol. The van der Waals surface area contributed by atoms with Gasteiger partial charge in [-0.3, -0.25) is 0 Å². The Hall–Kier alpha value is -1.58. The van der Waals surface area contributed by atoms with Crippen LogP contribution in [-0.4, -0.2) is 17.1 Å². The van der Waals surface area contributed by atoms with Crippen molar-refractivity contribution in [3.63, 3.8) is 0 Å². The van der Waals surface area contributed by atoms with Crippen LogP contribution in [0.1, 0.15) is 16.8 Å². The Kier molecular flexibility index (Phi) is 4.40. The van der Waals surface area contributed by atoms with Gasteiger partial charge in [0.05, 0.1) is 6.61 Å². The molecule has 0 radical (unpaired) electrons. The highest BCUT2D eigenvalue weighted by Crippen LogP contribution is 2.20. The lowest BCUT2D eigenvalue weighted by Crippen LogP contribution is -2.18. The van der Waals surface area contributed by atoms with Crippen LogP contribution in [0.25, 0.3) is 0 Å². The van der Waals surface area contributed by atoms with Gasteiger partial charge >= 0.3 is 0 Å². The Morgan fingerprint density at radius 2 is 2.00 bits per heavy atom. The molecule has 0 saturated carbocycles. The molecule has 0 amide bonds. The first-order valence-corrected chi connectivity index (χ1v) is 6.51. The lowest BCUT2D eigenvalue weighted by Gasteiger charge is -2.20. The van der Waals surface area contributed by atoms with Crippen molar-refractivity contribution in [2.75, 3.05) is 11.9 Å². The standard InChI is InChI=1S/C15H17ClN2O/c1-11-7-12(10-19)8-15(17-11)18(2)9-13-5-3-4-6-14(13)16/h3-8,19H,9-10H2,1-2H3. The van der Waals surface area contributed by atoms with Crippen molar-refractivity contribution >= 4 is 17.4 Å². The van der Waals surface area contributed by atoms with Crippen LogP contribution in [0.3, 0.4) is 0 Å². The number of benzene rings is 1. The van der Waals surface area contributed by atoms with E-state index < -0.39 is 0 Å². The minimum atomic E-state index is 0.0241. The largest absolute Gasteiger partial charge is 0.392 e. The third kappa shape index (κ3) is 3.46. The van der Waals surface area contributed by atoms with Gasteiger partial charge in [-0.2, -0.15) is 0 Å². The number of rotatable bonds is 4. The SMILES string of the molecule is Cc1cc(CO)cc(N(C)Cc2ccccc2Cl)n1. The number of aryl methyl sites for hydroxylation is 1. The molecule has 0 fully saturated rings. The molecule has 1 heterocycles. The number of hydrogen-bond donors (Lipinski definition) is 1. The highest BCUT2D eigenvalue weighted by atomic mass is 35.5. The summed E-state index contributed by atoms with van der Waals surface area (Å²) in [5.74, 6) is 0.837. The molecule has 0 spiro atoms. The van der Waals surface area contributed by atoms with E-state index in [1.807, 2.05) is 55.3 Å². The second-order valence-electron chi connectivity index (χ2n) is 4.58. The average molecular weight is 277 g/mol. The third-order valence-electron chi connectivity index (χ3n) is 2.94. The number of nitrogens with zero attached hydrogens (tertiary/aromatic N) is 2. The molecule has 1 aromatic carbocycles. The fourth-order valence-electron chi connectivity index (χ4n) is 1.97. The molecule has 1 aromatic heterocycles. The molecule has 2 rings (SSSR count). The summed E-state index contributed by atoms with van der Waals surface area (Å²) in [5, 5.41) is 9.99. The monoisotopic (exact) mass is 276 g/mol. The van der Waals surface area contributed by atoms with Gasteiger partial charge < -0.3 is 10.0 Å². The minimum absolute atomic E-state index is 0.0241. The molecule has 4 heteroatoms. The van der Waals surface area contributed by atoms with Gasteiger partial charge in [-0.1, -0.05) is 29.8 Å². The van der Waals surface area contributed by atoms with E-state index in [9.17, 15) is 5.11 Å². The Bertz CT molecular complexity index is 572. The topological polar surface area (TPSA) is 36.4 Å². The van der Waals surface area contributed by atoms with Gasteiger partial charge in [0.15, 0.2) is 0 Å². The zero-order chi connectivity index (χ0) is 13.8. The smallest absolute Gasteiger partial charge is 0.129 e. The molecule has 100 valence electrons. The Morgan fingerprint density at radius 1 is 1.26 bits per heavy atom. The number of hydrogen-bond acceptors (Lipinski definition) is 3. The van der Waals surface area contributed by atoms with Gasteiger partial charge in [0.2, 0.25) is 0 Å². The summed E-state index contributed by atoms with van der Waals surface area (Å²) in [4.78, 5) is 6.50. The Labute approximate surface area is 118 Å². The van der Waals surface area contributed by atoms with E-state index in [4.69, 9.17) is 11.6 Å². The van der Waals surface area contributed by atoms with Crippen molar-refractivity contribution in [2.45, 2.75) is 20.1 Å². The summed E-state index contributed by atoms with van der Waals surface area (Å²) in [7, 11) is 1.96. The summed E-state index contributed by atoms with van der Waals surface area (Å²) in [6.45, 7) is 2.63. The van der Waals surface area contributed by atoms with E-state index >= 15 is 0 Å². The third-order valence-corrected chi connectivity index (χ3v) is 3.31. The van der Waals surface area contributed by atoms with Crippen molar-refractivity contribution in [1.82, 2.24) is 4.98 Å². The maximum Gasteiger partial charge on any atom is 0.129 e. The molecule has 1 N–H and O–H groups in total. The summed E-state index contributed by atoms with van der Waals surface area (Å²) >= 11 is 6.16. The van der Waals surface area contributed by atoms with Crippen LogP contribution in [0, 0.1) is 6.92 Å². The first kappa shape index (κ1) is 13.8. The zero-order valence-electron chi connectivity index (χ0n) is 11.1. The predicted molar refractivity (Wildman–Crippen MR) is 78.5 cm³/mol. The highest BCUT2D eigenvalue weighted by molar-refractivity contribution is 6.31. The molecule has 0 aliphatic carbocycles. The molecule has 0 aliphatic heterocycles. The van der Waals surface area contributed by atoms with Crippen LogP contribution < -0.4 is 4.90 Å². The van der Waals surface area contributed by atoms with Gasteiger partial charge in [-0.15, -0.1) is 0 Å². The fraction of sp³-hybridized carbons (Fsp3) is 0.267. The molecule has 0 aliphatic rings. The van der Waals surface area contributed by atoms with Gasteiger partial charge in [-0.25, -0.2) is 4.98 Å². The van der Waals surface area contributed by atoms with Crippen LogP contribution in [-0.2, 0) is 13.2 Å². The van der Waals surface area contributed by atoms with Gasteiger partial charge in [0, 0.05) is 24.3 Å². The van der Waals surface area contributed by atoms with Gasteiger partial charge in [-0.05, 0) is 36.2 Å². The fourth-order valence-corrected chi connectivity index (χ4v) is 2.17. The summed E-state index contributed by atoms with van der Waals surface area (Å²) in [5.41, 5.74) is 2.82.